The van der Waals surface area contributed by atoms with Crippen LogP contribution in [0.2, 0.25) is 19.1 Å². The molecule has 0 aromatic heterocycles. The molecule has 0 rings (SSSR count). The van der Waals surface area contributed by atoms with Gasteiger partial charge in [-0.15, -0.1) is 0 Å². The average Bonchev–Trinajstić information content (AvgIpc) is 2.04. The van der Waals surface area contributed by atoms with Crippen LogP contribution in [0.1, 0.15) is 46.0 Å². The molecule has 12 heavy (non-hydrogen) atoms. The fraction of sp³-hybridized carbons (Fsp3) is 0.909. The summed E-state index contributed by atoms with van der Waals surface area (Å²) >= 11 is 0. The summed E-state index contributed by atoms with van der Waals surface area (Å²) in [5.74, 6) is 0. The molecule has 0 atom stereocenters. The summed E-state index contributed by atoms with van der Waals surface area (Å²) in [6.07, 6.45) is 7.16. The van der Waals surface area contributed by atoms with Crippen molar-refractivity contribution in [2.45, 2.75) is 65.1 Å². The molecule has 0 aliphatic heterocycles. The van der Waals surface area contributed by atoms with Crippen molar-refractivity contribution >= 4 is 8.07 Å². The molecule has 0 heterocycles. The van der Waals surface area contributed by atoms with Crippen LogP contribution in [-0.4, -0.2) is 8.07 Å². The number of rotatable bonds is 7. The third-order valence-electron chi connectivity index (χ3n) is 2.71. The lowest BCUT2D eigenvalue weighted by Gasteiger charge is -2.19. The fourth-order valence-corrected chi connectivity index (χ4v) is 2.78. The minimum atomic E-state index is -0.862. The van der Waals surface area contributed by atoms with E-state index in [1.54, 1.807) is 0 Å². The van der Waals surface area contributed by atoms with Crippen molar-refractivity contribution in [1.29, 1.82) is 0 Å². The average molecular weight is 185 g/mol. The Kier molecular flexibility index (Phi) is 6.82. The third kappa shape index (κ3) is 6.90. The Morgan fingerprint density at radius 3 is 2.08 bits per heavy atom. The van der Waals surface area contributed by atoms with Crippen LogP contribution in [-0.2, 0) is 0 Å². The van der Waals surface area contributed by atoms with Crippen molar-refractivity contribution in [3.63, 3.8) is 0 Å². The number of unbranched alkanes of at least 4 members (excludes halogenated alkanes) is 4. The van der Waals surface area contributed by atoms with Crippen LogP contribution in [0.3, 0.4) is 0 Å². The van der Waals surface area contributed by atoms with Crippen LogP contribution in [0, 0.1) is 6.04 Å². The smallest absolute Gasteiger partial charge is 0.0501 e. The molecule has 0 aromatic carbocycles. The standard InChI is InChI=1S/C11H25Si/c1-5-7-8-9-10-11-12(3,4)6-2/h6H,5,7-11H2,1-4H3. The molecule has 73 valence electrons. The monoisotopic (exact) mass is 185 g/mol. The molecule has 1 heteroatoms. The van der Waals surface area contributed by atoms with Crippen LogP contribution in [0.15, 0.2) is 0 Å². The molecular weight excluding hydrogens is 160 g/mol. The Balaban J connectivity index is 3.19. The third-order valence-corrected chi connectivity index (χ3v) is 5.91. The molecular formula is C11H25Si. The zero-order valence-electron chi connectivity index (χ0n) is 9.32. The van der Waals surface area contributed by atoms with Gasteiger partial charge in [-0.3, -0.25) is 0 Å². The van der Waals surface area contributed by atoms with Crippen LogP contribution in [0.4, 0.5) is 0 Å². The molecule has 0 aliphatic carbocycles. The lowest BCUT2D eigenvalue weighted by atomic mass is 10.2. The Morgan fingerprint density at radius 1 is 1.00 bits per heavy atom. The molecule has 0 spiro atoms. The van der Waals surface area contributed by atoms with Gasteiger partial charge in [-0.05, 0) is 6.04 Å². The van der Waals surface area contributed by atoms with Gasteiger partial charge in [0.2, 0.25) is 0 Å². The van der Waals surface area contributed by atoms with E-state index in [2.05, 4.69) is 33.0 Å². The topological polar surface area (TPSA) is 0 Å². The van der Waals surface area contributed by atoms with Gasteiger partial charge >= 0.3 is 0 Å². The first-order chi connectivity index (χ1) is 5.62. The Hall–Kier alpha value is 0.217. The summed E-state index contributed by atoms with van der Waals surface area (Å²) in [6, 6.07) is 3.96. The second kappa shape index (κ2) is 6.70. The highest BCUT2D eigenvalue weighted by atomic mass is 28.3. The molecule has 0 aromatic rings. The fourth-order valence-electron chi connectivity index (χ4n) is 1.33. The predicted molar refractivity (Wildman–Crippen MR) is 61.0 cm³/mol. The van der Waals surface area contributed by atoms with Gasteiger partial charge in [-0.1, -0.05) is 65.1 Å². The molecule has 0 unspecified atom stereocenters. The predicted octanol–water partition coefficient (Wildman–Crippen LogP) is 4.43. The van der Waals surface area contributed by atoms with E-state index in [1.807, 2.05) is 0 Å². The molecule has 0 nitrogen and oxygen atoms in total. The minimum absolute atomic E-state index is 0.862. The zero-order valence-corrected chi connectivity index (χ0v) is 10.3. The second-order valence-corrected chi connectivity index (χ2v) is 9.50. The highest BCUT2D eigenvalue weighted by molar-refractivity contribution is 6.80. The van der Waals surface area contributed by atoms with Crippen molar-refractivity contribution in [1.82, 2.24) is 0 Å². The number of hydrogen-bond donors (Lipinski definition) is 0. The van der Waals surface area contributed by atoms with E-state index < -0.39 is 8.07 Å². The molecule has 0 amide bonds. The van der Waals surface area contributed by atoms with Crippen LogP contribution >= 0.6 is 0 Å². The van der Waals surface area contributed by atoms with Gasteiger partial charge < -0.3 is 0 Å². The van der Waals surface area contributed by atoms with Crippen LogP contribution in [0.25, 0.3) is 0 Å². The zero-order chi connectivity index (χ0) is 9.45. The lowest BCUT2D eigenvalue weighted by Crippen LogP contribution is -2.24. The highest BCUT2D eigenvalue weighted by Gasteiger charge is 2.16. The maximum absolute atomic E-state index is 2.47. The van der Waals surface area contributed by atoms with Gasteiger partial charge in [-0.25, -0.2) is 0 Å². The van der Waals surface area contributed by atoms with E-state index in [0.717, 1.165) is 0 Å². The lowest BCUT2D eigenvalue weighted by molar-refractivity contribution is 0.653. The summed E-state index contributed by atoms with van der Waals surface area (Å²) in [7, 11) is -0.862. The summed E-state index contributed by atoms with van der Waals surface area (Å²) in [5.41, 5.74) is 0. The Morgan fingerprint density at radius 2 is 1.58 bits per heavy atom. The van der Waals surface area contributed by atoms with E-state index in [1.165, 1.54) is 38.1 Å². The molecule has 0 saturated heterocycles. The highest BCUT2D eigenvalue weighted by Crippen LogP contribution is 2.17. The minimum Gasteiger partial charge on any atom is -0.0692 e. The van der Waals surface area contributed by atoms with Gasteiger partial charge in [0, 0.05) is 0 Å². The van der Waals surface area contributed by atoms with Gasteiger partial charge in [-0.2, -0.15) is 0 Å². The normalized spacial score (nSPS) is 12.0. The van der Waals surface area contributed by atoms with E-state index in [-0.39, 0.29) is 0 Å². The largest absolute Gasteiger partial charge is 0.0692 e. The van der Waals surface area contributed by atoms with Gasteiger partial charge in [0.15, 0.2) is 0 Å². The Labute approximate surface area is 79.8 Å². The first-order valence-electron chi connectivity index (χ1n) is 5.43. The van der Waals surface area contributed by atoms with E-state index in [9.17, 15) is 0 Å². The summed E-state index contributed by atoms with van der Waals surface area (Å²) < 4.78 is 0. The Bertz CT molecular complexity index is 97.2. The molecule has 1 radical (unpaired) electrons. The van der Waals surface area contributed by atoms with Gasteiger partial charge in [0.1, 0.15) is 0 Å². The summed E-state index contributed by atoms with van der Waals surface area (Å²) in [4.78, 5) is 0. The van der Waals surface area contributed by atoms with Crippen LogP contribution in [0.5, 0.6) is 0 Å². The maximum atomic E-state index is 2.47. The molecule has 0 N–H and O–H groups in total. The van der Waals surface area contributed by atoms with Crippen molar-refractivity contribution in [2.24, 2.45) is 0 Å². The van der Waals surface area contributed by atoms with Crippen molar-refractivity contribution in [3.05, 3.63) is 6.04 Å². The molecule has 0 bridgehead atoms. The summed E-state index contributed by atoms with van der Waals surface area (Å²) in [5, 5.41) is 0. The summed E-state index contributed by atoms with van der Waals surface area (Å²) in [6.45, 7) is 9.44. The van der Waals surface area contributed by atoms with E-state index in [0.29, 0.717) is 0 Å². The SMILES string of the molecule is C[CH][Si](C)(C)CCCCCCC. The van der Waals surface area contributed by atoms with Crippen LogP contribution < -0.4 is 0 Å². The van der Waals surface area contributed by atoms with Gasteiger partial charge in [0.05, 0.1) is 8.07 Å². The molecule has 0 fully saturated rings. The van der Waals surface area contributed by atoms with E-state index in [4.69, 9.17) is 0 Å². The second-order valence-electron chi connectivity index (χ2n) is 4.44. The van der Waals surface area contributed by atoms with Gasteiger partial charge in [0.25, 0.3) is 0 Å². The first kappa shape index (κ1) is 12.2. The van der Waals surface area contributed by atoms with Crippen molar-refractivity contribution in [2.75, 3.05) is 0 Å². The molecule has 0 aliphatic rings. The number of hydrogen-bond acceptors (Lipinski definition) is 0. The maximum Gasteiger partial charge on any atom is 0.0501 e. The first-order valence-corrected chi connectivity index (χ1v) is 8.71. The molecule has 0 saturated carbocycles. The quantitative estimate of drug-likeness (QED) is 0.406. The van der Waals surface area contributed by atoms with Crippen molar-refractivity contribution < 1.29 is 0 Å². The van der Waals surface area contributed by atoms with Crippen molar-refractivity contribution in [3.8, 4) is 0 Å². The van der Waals surface area contributed by atoms with E-state index >= 15 is 0 Å².